The molecule has 0 unspecified atom stereocenters. The van der Waals surface area contributed by atoms with Crippen molar-refractivity contribution in [3.8, 4) is 27.9 Å². The first-order valence-electron chi connectivity index (χ1n) is 12.8. The molecule has 1 heterocycles. The van der Waals surface area contributed by atoms with E-state index in [0.717, 1.165) is 6.42 Å². The minimum absolute atomic E-state index is 0.105. The average molecular weight is 464 g/mol. The summed E-state index contributed by atoms with van der Waals surface area (Å²) in [6.07, 6.45) is 1.03. The molecule has 1 nitrogen and oxygen atoms in total. The molecule has 174 valence electrons. The van der Waals surface area contributed by atoms with Crippen LogP contribution in [0.4, 0.5) is 0 Å². The molecule has 0 saturated heterocycles. The highest BCUT2D eigenvalue weighted by atomic mass is 15.0. The Morgan fingerprint density at radius 1 is 0.556 bits per heavy atom. The number of hydrogen-bond donors (Lipinski definition) is 0. The van der Waals surface area contributed by atoms with Gasteiger partial charge in [0.05, 0.1) is 11.0 Å². The van der Waals surface area contributed by atoms with Crippen molar-refractivity contribution in [2.45, 2.75) is 32.6 Å². The lowest BCUT2D eigenvalue weighted by atomic mass is 9.87. The molecule has 1 heteroatoms. The van der Waals surface area contributed by atoms with Crippen molar-refractivity contribution in [1.29, 1.82) is 0 Å². The fourth-order valence-corrected chi connectivity index (χ4v) is 5.85. The van der Waals surface area contributed by atoms with Crippen LogP contribution in [-0.4, -0.2) is 4.57 Å². The van der Waals surface area contributed by atoms with Crippen LogP contribution in [0.2, 0.25) is 0 Å². The third-order valence-corrected chi connectivity index (χ3v) is 7.77. The lowest BCUT2D eigenvalue weighted by molar-refractivity contribution is 0.590. The number of para-hydroxylation sites is 1. The molecule has 0 fully saturated rings. The van der Waals surface area contributed by atoms with Crippen molar-refractivity contribution in [1.82, 2.24) is 4.57 Å². The third kappa shape index (κ3) is 3.23. The van der Waals surface area contributed by atoms with E-state index in [1.807, 2.05) is 0 Å². The van der Waals surface area contributed by atoms with Gasteiger partial charge in [-0.25, -0.2) is 0 Å². The van der Waals surface area contributed by atoms with E-state index in [0.29, 0.717) is 0 Å². The van der Waals surface area contributed by atoms with Crippen molar-refractivity contribution in [2.24, 2.45) is 0 Å². The van der Waals surface area contributed by atoms with Gasteiger partial charge in [-0.2, -0.15) is 0 Å². The second-order valence-corrected chi connectivity index (χ2v) is 11.1. The van der Waals surface area contributed by atoms with Gasteiger partial charge in [0.25, 0.3) is 0 Å². The van der Waals surface area contributed by atoms with E-state index in [-0.39, 0.29) is 5.41 Å². The van der Waals surface area contributed by atoms with Crippen molar-refractivity contribution < 1.29 is 0 Å². The van der Waals surface area contributed by atoms with Gasteiger partial charge in [-0.3, -0.25) is 0 Å². The van der Waals surface area contributed by atoms with Gasteiger partial charge in [-0.1, -0.05) is 93.6 Å². The quantitative estimate of drug-likeness (QED) is 0.241. The van der Waals surface area contributed by atoms with Crippen LogP contribution in [0, 0.1) is 0 Å². The molecular formula is C35H29N. The Bertz CT molecular complexity index is 1790. The van der Waals surface area contributed by atoms with E-state index in [1.54, 1.807) is 0 Å². The van der Waals surface area contributed by atoms with Gasteiger partial charge in [-0.15, -0.1) is 0 Å². The summed E-state index contributed by atoms with van der Waals surface area (Å²) in [6, 6.07) is 40.5. The molecule has 5 aromatic carbocycles. The zero-order valence-corrected chi connectivity index (χ0v) is 21.0. The molecular weight excluding hydrogens is 434 g/mol. The highest BCUT2D eigenvalue weighted by Crippen LogP contribution is 2.40. The van der Waals surface area contributed by atoms with Gasteiger partial charge < -0.3 is 4.57 Å². The molecule has 0 amide bonds. The van der Waals surface area contributed by atoms with Crippen LogP contribution in [-0.2, 0) is 11.8 Å². The fraction of sp³-hybridized carbons (Fsp3) is 0.143. The molecule has 1 aromatic heterocycles. The van der Waals surface area contributed by atoms with Gasteiger partial charge >= 0.3 is 0 Å². The van der Waals surface area contributed by atoms with Gasteiger partial charge in [0.15, 0.2) is 0 Å². The lowest BCUT2D eigenvalue weighted by Crippen LogP contribution is -2.11. The highest BCUT2D eigenvalue weighted by molar-refractivity contribution is 6.10. The molecule has 1 aliphatic carbocycles. The SMILES string of the molecule is CC(C)(C)c1cccc(-n2c3ccccc3c3cc(-c4ccc5c(c4)-c4ccccc4C5)ccc32)c1. The van der Waals surface area contributed by atoms with Crippen molar-refractivity contribution in [3.63, 3.8) is 0 Å². The Kier molecular flexibility index (Phi) is 4.53. The number of fused-ring (bicyclic) bond motifs is 6. The lowest BCUT2D eigenvalue weighted by Gasteiger charge is -2.20. The van der Waals surface area contributed by atoms with E-state index in [2.05, 4.69) is 135 Å². The number of aromatic nitrogens is 1. The Labute approximate surface area is 212 Å². The summed E-state index contributed by atoms with van der Waals surface area (Å²) in [7, 11) is 0. The highest BCUT2D eigenvalue weighted by Gasteiger charge is 2.20. The van der Waals surface area contributed by atoms with E-state index in [1.165, 1.54) is 66.4 Å². The van der Waals surface area contributed by atoms with Crippen molar-refractivity contribution in [2.75, 3.05) is 0 Å². The van der Waals surface area contributed by atoms with Crippen LogP contribution >= 0.6 is 0 Å². The topological polar surface area (TPSA) is 4.93 Å². The van der Waals surface area contributed by atoms with Crippen LogP contribution < -0.4 is 0 Å². The van der Waals surface area contributed by atoms with Crippen LogP contribution in [0.15, 0.2) is 109 Å². The fourth-order valence-electron chi connectivity index (χ4n) is 5.85. The van der Waals surface area contributed by atoms with Gasteiger partial charge in [-0.05, 0) is 87.2 Å². The molecule has 0 N–H and O–H groups in total. The maximum Gasteiger partial charge on any atom is 0.0541 e. The Morgan fingerprint density at radius 3 is 2.17 bits per heavy atom. The zero-order chi connectivity index (χ0) is 24.4. The zero-order valence-electron chi connectivity index (χ0n) is 21.0. The minimum Gasteiger partial charge on any atom is -0.309 e. The first-order valence-corrected chi connectivity index (χ1v) is 12.8. The summed E-state index contributed by atoms with van der Waals surface area (Å²) in [5.74, 6) is 0. The molecule has 1 aliphatic rings. The Balaban J connectivity index is 1.42. The molecule has 7 rings (SSSR count). The number of nitrogens with zero attached hydrogens (tertiary/aromatic N) is 1. The van der Waals surface area contributed by atoms with Gasteiger partial charge in [0, 0.05) is 16.5 Å². The van der Waals surface area contributed by atoms with E-state index >= 15 is 0 Å². The molecule has 6 aromatic rings. The monoisotopic (exact) mass is 463 g/mol. The number of benzene rings is 5. The maximum atomic E-state index is 2.42. The standard InChI is InChI=1S/C35H29N/c1-35(2,3)27-10-8-11-28(22-27)36-33-14-7-6-13-30(33)32-21-24(17-18-34(32)36)23-15-16-26-19-25-9-4-5-12-29(25)31(26)20-23/h4-18,20-22H,19H2,1-3H3. The molecule has 0 radical (unpaired) electrons. The third-order valence-electron chi connectivity index (χ3n) is 7.77. The van der Waals surface area contributed by atoms with Gasteiger partial charge in [0.2, 0.25) is 0 Å². The summed E-state index contributed by atoms with van der Waals surface area (Å²) in [4.78, 5) is 0. The minimum atomic E-state index is 0.105. The van der Waals surface area contributed by atoms with Crippen molar-refractivity contribution >= 4 is 21.8 Å². The summed E-state index contributed by atoms with van der Waals surface area (Å²) in [5.41, 5.74) is 13.3. The van der Waals surface area contributed by atoms with Crippen LogP contribution in [0.1, 0.15) is 37.5 Å². The first kappa shape index (κ1) is 21.2. The molecule has 0 spiro atoms. The van der Waals surface area contributed by atoms with Crippen LogP contribution in [0.5, 0.6) is 0 Å². The molecule has 0 saturated carbocycles. The largest absolute Gasteiger partial charge is 0.309 e. The molecule has 0 aliphatic heterocycles. The predicted molar refractivity (Wildman–Crippen MR) is 153 cm³/mol. The molecule has 36 heavy (non-hydrogen) atoms. The second kappa shape index (κ2) is 7.70. The van der Waals surface area contributed by atoms with Crippen LogP contribution in [0.3, 0.4) is 0 Å². The van der Waals surface area contributed by atoms with Gasteiger partial charge in [0.1, 0.15) is 0 Å². The Hall–Kier alpha value is -4.10. The van der Waals surface area contributed by atoms with E-state index < -0.39 is 0 Å². The smallest absolute Gasteiger partial charge is 0.0541 e. The normalized spacial score (nSPS) is 12.8. The van der Waals surface area contributed by atoms with E-state index in [9.17, 15) is 0 Å². The summed E-state index contributed by atoms with van der Waals surface area (Å²) in [6.45, 7) is 6.83. The molecule has 0 atom stereocenters. The first-order chi connectivity index (χ1) is 17.5. The van der Waals surface area contributed by atoms with Crippen molar-refractivity contribution in [3.05, 3.63) is 126 Å². The number of rotatable bonds is 2. The molecule has 0 bridgehead atoms. The average Bonchev–Trinajstić information content (AvgIpc) is 3.43. The Morgan fingerprint density at radius 2 is 1.28 bits per heavy atom. The summed E-state index contributed by atoms with van der Waals surface area (Å²) < 4.78 is 2.42. The maximum absolute atomic E-state index is 2.42. The van der Waals surface area contributed by atoms with Crippen LogP contribution in [0.25, 0.3) is 49.7 Å². The predicted octanol–water partition coefficient (Wildman–Crippen LogP) is 9.32. The second-order valence-electron chi connectivity index (χ2n) is 11.1. The van der Waals surface area contributed by atoms with E-state index in [4.69, 9.17) is 0 Å². The summed E-state index contributed by atoms with van der Waals surface area (Å²) in [5, 5.41) is 2.59. The summed E-state index contributed by atoms with van der Waals surface area (Å²) >= 11 is 0. The number of hydrogen-bond acceptors (Lipinski definition) is 0.